The molecule has 0 aliphatic heterocycles. The van der Waals surface area contributed by atoms with Crippen LogP contribution in [0.15, 0.2) is 22.8 Å². The molecule has 2 amide bonds. The van der Waals surface area contributed by atoms with Crippen molar-refractivity contribution in [2.24, 2.45) is 0 Å². The summed E-state index contributed by atoms with van der Waals surface area (Å²) in [6.07, 6.45) is 4.72. The number of furan rings is 1. The minimum atomic E-state index is -1.20. The van der Waals surface area contributed by atoms with Gasteiger partial charge in [0.1, 0.15) is 11.4 Å². The van der Waals surface area contributed by atoms with Crippen molar-refractivity contribution in [2.75, 3.05) is 12.3 Å². The zero-order chi connectivity index (χ0) is 15.3. The standard InChI is InChI=1S/C15H24N2O3S/c1-3-21-12-7-6-11(9-12)17-14(18)16-10-15(2,19)13-5-4-8-20-13/h4-5,8,11-12,19H,3,6-7,9-10H2,1-2H3,(H2,16,17,18)/t11-,12+,15+/m0/s1. The van der Waals surface area contributed by atoms with Crippen LogP contribution in [0.2, 0.25) is 0 Å². The highest BCUT2D eigenvalue weighted by molar-refractivity contribution is 7.99. The molecule has 6 heteroatoms. The van der Waals surface area contributed by atoms with Crippen molar-refractivity contribution < 1.29 is 14.3 Å². The zero-order valence-corrected chi connectivity index (χ0v) is 13.4. The Morgan fingerprint density at radius 1 is 1.57 bits per heavy atom. The van der Waals surface area contributed by atoms with Crippen molar-refractivity contribution in [1.82, 2.24) is 10.6 Å². The SMILES string of the molecule is CCS[C@@H]1CC[C@H](NC(=O)NC[C@@](C)(O)c2ccco2)C1. The fraction of sp³-hybridized carbons (Fsp3) is 0.667. The van der Waals surface area contributed by atoms with Gasteiger partial charge in [-0.05, 0) is 44.1 Å². The van der Waals surface area contributed by atoms with Crippen molar-refractivity contribution in [1.29, 1.82) is 0 Å². The number of aliphatic hydroxyl groups is 1. The summed E-state index contributed by atoms with van der Waals surface area (Å²) in [5.74, 6) is 1.57. The van der Waals surface area contributed by atoms with Crippen LogP contribution in [0.25, 0.3) is 0 Å². The van der Waals surface area contributed by atoms with Crippen molar-refractivity contribution in [3.8, 4) is 0 Å². The Labute approximate surface area is 129 Å². The van der Waals surface area contributed by atoms with Crippen molar-refractivity contribution in [2.45, 2.75) is 50.0 Å². The molecule has 0 unspecified atom stereocenters. The van der Waals surface area contributed by atoms with E-state index in [1.54, 1.807) is 19.1 Å². The Morgan fingerprint density at radius 3 is 3.05 bits per heavy atom. The van der Waals surface area contributed by atoms with E-state index in [0.29, 0.717) is 11.0 Å². The van der Waals surface area contributed by atoms with Crippen LogP contribution in [0.3, 0.4) is 0 Å². The normalized spacial score (nSPS) is 24.5. The van der Waals surface area contributed by atoms with Crippen LogP contribution in [0.1, 0.15) is 38.9 Å². The van der Waals surface area contributed by atoms with Crippen LogP contribution in [0, 0.1) is 0 Å². The molecule has 0 spiro atoms. The Kier molecular flexibility index (Phi) is 5.58. The van der Waals surface area contributed by atoms with Crippen LogP contribution < -0.4 is 10.6 Å². The molecule has 3 atom stereocenters. The molecule has 1 fully saturated rings. The van der Waals surface area contributed by atoms with Gasteiger partial charge in [0.2, 0.25) is 0 Å². The topological polar surface area (TPSA) is 74.5 Å². The van der Waals surface area contributed by atoms with E-state index < -0.39 is 5.60 Å². The molecule has 5 nitrogen and oxygen atoms in total. The number of nitrogens with one attached hydrogen (secondary N) is 2. The third-order valence-corrected chi connectivity index (χ3v) is 5.00. The molecule has 0 saturated heterocycles. The van der Waals surface area contributed by atoms with E-state index in [4.69, 9.17) is 4.42 Å². The number of thioether (sulfide) groups is 1. The molecule has 3 N–H and O–H groups in total. The fourth-order valence-electron chi connectivity index (χ4n) is 2.62. The van der Waals surface area contributed by atoms with Gasteiger partial charge in [0.25, 0.3) is 0 Å². The molecule has 21 heavy (non-hydrogen) atoms. The quantitative estimate of drug-likeness (QED) is 0.754. The summed E-state index contributed by atoms with van der Waals surface area (Å²) in [5, 5.41) is 16.6. The predicted octanol–water partition coefficient (Wildman–Crippen LogP) is 2.46. The van der Waals surface area contributed by atoms with Gasteiger partial charge in [-0.1, -0.05) is 6.92 Å². The third kappa shape index (κ3) is 4.68. The third-order valence-electron chi connectivity index (χ3n) is 3.77. The van der Waals surface area contributed by atoms with E-state index >= 15 is 0 Å². The minimum absolute atomic E-state index is 0.117. The van der Waals surface area contributed by atoms with E-state index in [2.05, 4.69) is 17.6 Å². The first kappa shape index (κ1) is 16.2. The maximum atomic E-state index is 11.9. The first-order valence-corrected chi connectivity index (χ1v) is 8.48. The fourth-order valence-corrected chi connectivity index (χ4v) is 3.76. The van der Waals surface area contributed by atoms with Gasteiger partial charge in [-0.3, -0.25) is 0 Å². The summed E-state index contributed by atoms with van der Waals surface area (Å²) in [4.78, 5) is 11.9. The summed E-state index contributed by atoms with van der Waals surface area (Å²) in [6.45, 7) is 3.90. The molecule has 1 aliphatic rings. The average Bonchev–Trinajstić information content (AvgIpc) is 3.09. The molecular weight excluding hydrogens is 288 g/mol. The lowest BCUT2D eigenvalue weighted by Crippen LogP contribution is -2.46. The molecule has 1 heterocycles. The number of carbonyl (C=O) groups is 1. The van der Waals surface area contributed by atoms with Gasteiger partial charge in [-0.2, -0.15) is 11.8 Å². The van der Waals surface area contributed by atoms with E-state index in [1.165, 1.54) is 6.26 Å². The molecule has 2 rings (SSSR count). The summed E-state index contributed by atoms with van der Waals surface area (Å²) in [7, 11) is 0. The van der Waals surface area contributed by atoms with Gasteiger partial charge in [0.05, 0.1) is 12.8 Å². The smallest absolute Gasteiger partial charge is 0.315 e. The summed E-state index contributed by atoms with van der Waals surface area (Å²) in [6, 6.07) is 3.42. The van der Waals surface area contributed by atoms with Gasteiger partial charge in [0, 0.05) is 11.3 Å². The van der Waals surface area contributed by atoms with E-state index in [0.717, 1.165) is 25.0 Å². The molecular formula is C15H24N2O3S. The number of amides is 2. The molecule has 0 aromatic carbocycles. The van der Waals surface area contributed by atoms with Gasteiger partial charge in [0.15, 0.2) is 0 Å². The highest BCUT2D eigenvalue weighted by Gasteiger charge is 2.29. The van der Waals surface area contributed by atoms with Gasteiger partial charge < -0.3 is 20.2 Å². The van der Waals surface area contributed by atoms with Crippen LogP contribution in [-0.4, -0.2) is 34.7 Å². The monoisotopic (exact) mass is 312 g/mol. The van der Waals surface area contributed by atoms with Crippen LogP contribution in [-0.2, 0) is 5.60 Å². The van der Waals surface area contributed by atoms with Crippen LogP contribution in [0.4, 0.5) is 4.79 Å². The second kappa shape index (κ2) is 7.22. The predicted molar refractivity (Wildman–Crippen MR) is 84.4 cm³/mol. The van der Waals surface area contributed by atoms with Crippen molar-refractivity contribution in [3.63, 3.8) is 0 Å². The first-order chi connectivity index (χ1) is 10.0. The van der Waals surface area contributed by atoms with Gasteiger partial charge >= 0.3 is 6.03 Å². The number of hydrogen-bond donors (Lipinski definition) is 3. The lowest BCUT2D eigenvalue weighted by atomic mass is 10.0. The van der Waals surface area contributed by atoms with Gasteiger partial charge in [-0.25, -0.2) is 4.79 Å². The second-order valence-electron chi connectivity index (χ2n) is 5.67. The maximum absolute atomic E-state index is 11.9. The molecule has 1 aromatic rings. The van der Waals surface area contributed by atoms with E-state index in [1.807, 2.05) is 11.8 Å². The largest absolute Gasteiger partial charge is 0.466 e. The Bertz CT molecular complexity index is 448. The highest BCUT2D eigenvalue weighted by Crippen LogP contribution is 2.29. The summed E-state index contributed by atoms with van der Waals surface area (Å²) < 4.78 is 5.18. The maximum Gasteiger partial charge on any atom is 0.315 e. The minimum Gasteiger partial charge on any atom is -0.466 e. The van der Waals surface area contributed by atoms with Crippen LogP contribution >= 0.6 is 11.8 Å². The zero-order valence-electron chi connectivity index (χ0n) is 12.6. The Morgan fingerprint density at radius 2 is 2.38 bits per heavy atom. The van der Waals surface area contributed by atoms with Crippen molar-refractivity contribution >= 4 is 17.8 Å². The number of hydrogen-bond acceptors (Lipinski definition) is 4. The lowest BCUT2D eigenvalue weighted by molar-refractivity contribution is 0.0366. The van der Waals surface area contributed by atoms with Crippen molar-refractivity contribution in [3.05, 3.63) is 24.2 Å². The molecule has 118 valence electrons. The van der Waals surface area contributed by atoms with E-state index in [-0.39, 0.29) is 18.6 Å². The summed E-state index contributed by atoms with van der Waals surface area (Å²) in [5.41, 5.74) is -1.20. The lowest BCUT2D eigenvalue weighted by Gasteiger charge is -2.22. The average molecular weight is 312 g/mol. The number of rotatable bonds is 6. The van der Waals surface area contributed by atoms with E-state index in [9.17, 15) is 9.90 Å². The first-order valence-electron chi connectivity index (χ1n) is 7.43. The molecule has 1 saturated carbocycles. The summed E-state index contributed by atoms with van der Waals surface area (Å²) >= 11 is 1.96. The molecule has 0 radical (unpaired) electrons. The molecule has 1 aliphatic carbocycles. The Balaban J connectivity index is 1.73. The highest BCUT2D eigenvalue weighted by atomic mass is 32.2. The second-order valence-corrected chi connectivity index (χ2v) is 7.24. The molecule has 0 bridgehead atoms. The molecule has 1 aromatic heterocycles. The number of urea groups is 1. The number of carbonyl (C=O) groups excluding carboxylic acids is 1. The van der Waals surface area contributed by atoms with Crippen LogP contribution in [0.5, 0.6) is 0 Å². The van der Waals surface area contributed by atoms with Gasteiger partial charge in [-0.15, -0.1) is 0 Å². The Hall–Kier alpha value is -1.14.